The number of hydrazone groups is 1. The van der Waals surface area contributed by atoms with Gasteiger partial charge in [-0.3, -0.25) is 9.78 Å². The highest BCUT2D eigenvalue weighted by molar-refractivity contribution is 5.94. The van der Waals surface area contributed by atoms with Crippen molar-refractivity contribution >= 4 is 12.1 Å². The molecule has 30 heavy (non-hydrogen) atoms. The maximum atomic E-state index is 11.9. The fraction of sp³-hybridized carbons (Fsp3) is 0.208. The predicted octanol–water partition coefficient (Wildman–Crippen LogP) is 4.31. The second kappa shape index (κ2) is 10.8. The minimum Gasteiger partial charge on any atom is -0.493 e. The Morgan fingerprint density at radius 2 is 1.60 bits per heavy atom. The number of carbonyl (C=O) groups excluding carboxylic acids is 1. The normalized spacial score (nSPS) is 10.7. The molecule has 6 heteroatoms. The summed E-state index contributed by atoms with van der Waals surface area (Å²) in [7, 11) is 0. The molecule has 3 rings (SSSR count). The molecule has 2 aromatic carbocycles. The highest BCUT2D eigenvalue weighted by atomic mass is 16.5. The van der Waals surface area contributed by atoms with E-state index in [1.54, 1.807) is 30.7 Å². The number of hydrogen-bond donors (Lipinski definition) is 1. The van der Waals surface area contributed by atoms with Crippen LogP contribution in [0.15, 0.2) is 72.1 Å². The second-order valence-electron chi connectivity index (χ2n) is 6.80. The van der Waals surface area contributed by atoms with E-state index in [1.807, 2.05) is 30.3 Å². The molecule has 3 aromatic rings. The predicted molar refractivity (Wildman–Crippen MR) is 117 cm³/mol. The van der Waals surface area contributed by atoms with Gasteiger partial charge in [0.1, 0.15) is 11.5 Å². The topological polar surface area (TPSA) is 72.8 Å². The van der Waals surface area contributed by atoms with Crippen LogP contribution in [0.2, 0.25) is 0 Å². The monoisotopic (exact) mass is 403 g/mol. The Bertz CT molecular complexity index is 986. The second-order valence-corrected chi connectivity index (χ2v) is 6.80. The Labute approximate surface area is 176 Å². The molecule has 1 heterocycles. The van der Waals surface area contributed by atoms with E-state index in [0.717, 1.165) is 23.5 Å². The van der Waals surface area contributed by atoms with Crippen LogP contribution >= 0.6 is 0 Å². The lowest BCUT2D eigenvalue weighted by Gasteiger charge is -2.09. The molecule has 0 unspecified atom stereocenters. The van der Waals surface area contributed by atoms with Gasteiger partial charge in [0.2, 0.25) is 0 Å². The third-order valence-electron chi connectivity index (χ3n) is 4.51. The van der Waals surface area contributed by atoms with Gasteiger partial charge in [-0.05, 0) is 79.1 Å². The van der Waals surface area contributed by atoms with E-state index in [9.17, 15) is 4.79 Å². The first-order chi connectivity index (χ1) is 14.6. The van der Waals surface area contributed by atoms with E-state index in [2.05, 4.69) is 41.5 Å². The van der Waals surface area contributed by atoms with Crippen molar-refractivity contribution < 1.29 is 14.3 Å². The summed E-state index contributed by atoms with van der Waals surface area (Å²) in [6, 6.07) is 16.9. The van der Waals surface area contributed by atoms with Gasteiger partial charge in [0.05, 0.1) is 19.4 Å². The number of pyridine rings is 1. The molecule has 0 saturated heterocycles. The first kappa shape index (κ1) is 21.0. The van der Waals surface area contributed by atoms with E-state index < -0.39 is 0 Å². The largest absolute Gasteiger partial charge is 0.493 e. The molecule has 1 N–H and O–H groups in total. The van der Waals surface area contributed by atoms with Gasteiger partial charge in [-0.15, -0.1) is 0 Å². The molecule has 0 spiro atoms. The van der Waals surface area contributed by atoms with Crippen molar-refractivity contribution in [3.63, 3.8) is 0 Å². The number of nitrogens with one attached hydrogen (secondary N) is 1. The van der Waals surface area contributed by atoms with Gasteiger partial charge in [-0.25, -0.2) is 5.43 Å². The molecule has 0 aliphatic heterocycles. The van der Waals surface area contributed by atoms with Crippen LogP contribution in [-0.2, 0) is 0 Å². The third kappa shape index (κ3) is 6.44. The lowest BCUT2D eigenvalue weighted by Crippen LogP contribution is -2.17. The summed E-state index contributed by atoms with van der Waals surface area (Å²) in [6.07, 6.45) is 5.50. The van der Waals surface area contributed by atoms with Crippen LogP contribution in [0.4, 0.5) is 0 Å². The molecule has 0 radical (unpaired) electrons. The van der Waals surface area contributed by atoms with E-state index in [0.29, 0.717) is 18.8 Å². The highest BCUT2D eigenvalue weighted by Gasteiger charge is 2.02. The van der Waals surface area contributed by atoms with Crippen LogP contribution in [0.25, 0.3) is 0 Å². The average Bonchev–Trinajstić information content (AvgIpc) is 2.77. The summed E-state index contributed by atoms with van der Waals surface area (Å²) in [5, 5.41) is 3.97. The first-order valence-corrected chi connectivity index (χ1v) is 9.78. The number of benzene rings is 2. The van der Waals surface area contributed by atoms with Gasteiger partial charge in [-0.1, -0.05) is 6.07 Å². The van der Waals surface area contributed by atoms with Crippen molar-refractivity contribution in [3.8, 4) is 11.5 Å². The standard InChI is InChI=1S/C24H25N3O3/c1-18-4-7-23(16-19(18)2)30-15-3-14-29-22-8-5-20(6-9-22)17-26-27-24(28)21-10-12-25-13-11-21/h4-13,16-17H,3,14-15H2,1-2H3,(H,27,28). The van der Waals surface area contributed by atoms with Crippen molar-refractivity contribution in [3.05, 3.63) is 89.2 Å². The van der Waals surface area contributed by atoms with Crippen LogP contribution in [0.3, 0.4) is 0 Å². The fourth-order valence-electron chi connectivity index (χ4n) is 2.63. The molecule has 0 atom stereocenters. The molecule has 1 aromatic heterocycles. The molecule has 6 nitrogen and oxygen atoms in total. The molecule has 154 valence electrons. The van der Waals surface area contributed by atoms with Gasteiger partial charge in [-0.2, -0.15) is 5.10 Å². The van der Waals surface area contributed by atoms with Crippen molar-refractivity contribution in [2.45, 2.75) is 20.3 Å². The summed E-state index contributed by atoms with van der Waals surface area (Å²) >= 11 is 0. The molecule has 0 saturated carbocycles. The molecule has 1 amide bonds. The fourth-order valence-corrected chi connectivity index (χ4v) is 2.63. The average molecular weight is 403 g/mol. The van der Waals surface area contributed by atoms with Gasteiger partial charge >= 0.3 is 0 Å². The van der Waals surface area contributed by atoms with E-state index in [-0.39, 0.29) is 5.91 Å². The summed E-state index contributed by atoms with van der Waals surface area (Å²) in [4.78, 5) is 15.8. The van der Waals surface area contributed by atoms with Crippen LogP contribution in [0, 0.1) is 13.8 Å². The molecular weight excluding hydrogens is 378 g/mol. The van der Waals surface area contributed by atoms with Crippen molar-refractivity contribution in [1.29, 1.82) is 0 Å². The first-order valence-electron chi connectivity index (χ1n) is 9.78. The zero-order valence-electron chi connectivity index (χ0n) is 17.2. The van der Waals surface area contributed by atoms with Gasteiger partial charge in [0.15, 0.2) is 0 Å². The minimum atomic E-state index is -0.281. The lowest BCUT2D eigenvalue weighted by molar-refractivity contribution is 0.0955. The zero-order chi connectivity index (χ0) is 21.2. The van der Waals surface area contributed by atoms with Gasteiger partial charge in [0, 0.05) is 24.4 Å². The number of ether oxygens (including phenoxy) is 2. The van der Waals surface area contributed by atoms with Crippen molar-refractivity contribution in [2.75, 3.05) is 13.2 Å². The summed E-state index contributed by atoms with van der Waals surface area (Å²) in [5.41, 5.74) is 6.34. The van der Waals surface area contributed by atoms with Crippen molar-refractivity contribution in [2.24, 2.45) is 5.10 Å². The van der Waals surface area contributed by atoms with E-state index >= 15 is 0 Å². The van der Waals surface area contributed by atoms with E-state index in [1.165, 1.54) is 11.1 Å². The van der Waals surface area contributed by atoms with Crippen molar-refractivity contribution in [1.82, 2.24) is 10.4 Å². The number of hydrogen-bond acceptors (Lipinski definition) is 5. The summed E-state index contributed by atoms with van der Waals surface area (Å²) in [5.74, 6) is 1.38. The smallest absolute Gasteiger partial charge is 0.271 e. The number of amides is 1. The maximum Gasteiger partial charge on any atom is 0.271 e. The molecule has 0 aliphatic carbocycles. The number of rotatable bonds is 9. The van der Waals surface area contributed by atoms with Crippen LogP contribution < -0.4 is 14.9 Å². The highest BCUT2D eigenvalue weighted by Crippen LogP contribution is 2.17. The molecule has 0 bridgehead atoms. The molecular formula is C24H25N3O3. The maximum absolute atomic E-state index is 11.9. The Kier molecular flexibility index (Phi) is 7.55. The Morgan fingerprint density at radius 3 is 2.30 bits per heavy atom. The number of aromatic nitrogens is 1. The minimum absolute atomic E-state index is 0.281. The van der Waals surface area contributed by atoms with E-state index in [4.69, 9.17) is 9.47 Å². The van der Waals surface area contributed by atoms with Crippen LogP contribution in [0.5, 0.6) is 11.5 Å². The van der Waals surface area contributed by atoms with Gasteiger partial charge in [0.25, 0.3) is 5.91 Å². The Hall–Kier alpha value is -3.67. The number of carbonyl (C=O) groups is 1. The lowest BCUT2D eigenvalue weighted by atomic mass is 10.1. The number of aryl methyl sites for hydroxylation is 2. The Balaban J connectivity index is 1.37. The van der Waals surface area contributed by atoms with Crippen LogP contribution in [-0.4, -0.2) is 30.3 Å². The molecule has 0 aliphatic rings. The summed E-state index contributed by atoms with van der Waals surface area (Å²) in [6.45, 7) is 5.34. The molecule has 0 fully saturated rings. The zero-order valence-corrected chi connectivity index (χ0v) is 17.2. The van der Waals surface area contributed by atoms with Gasteiger partial charge < -0.3 is 9.47 Å². The third-order valence-corrected chi connectivity index (χ3v) is 4.51. The SMILES string of the molecule is Cc1ccc(OCCCOc2ccc(C=NNC(=O)c3ccncc3)cc2)cc1C. The number of nitrogens with zero attached hydrogens (tertiary/aromatic N) is 2. The Morgan fingerprint density at radius 1 is 0.933 bits per heavy atom. The summed E-state index contributed by atoms with van der Waals surface area (Å²) < 4.78 is 11.5. The quantitative estimate of drug-likeness (QED) is 0.328. The van der Waals surface area contributed by atoms with Crippen LogP contribution in [0.1, 0.15) is 33.5 Å².